The van der Waals surface area contributed by atoms with Crippen molar-refractivity contribution in [2.75, 3.05) is 39.5 Å². The monoisotopic (exact) mass is 513 g/mol. The second-order valence-corrected chi connectivity index (χ2v) is 7.92. The summed E-state index contributed by atoms with van der Waals surface area (Å²) in [6, 6.07) is 18.1. The maximum absolute atomic E-state index is 10.8. The van der Waals surface area contributed by atoms with E-state index in [9.17, 15) is 18.0 Å². The van der Waals surface area contributed by atoms with Crippen LogP contribution in [0.1, 0.15) is 30.1 Å². The zero-order valence-electron chi connectivity index (χ0n) is 19.7. The third kappa shape index (κ3) is 11.5. The molecule has 0 aromatic heterocycles. The van der Waals surface area contributed by atoms with Gasteiger partial charge in [0.2, 0.25) is 0 Å². The van der Waals surface area contributed by atoms with Crippen LogP contribution in [0.15, 0.2) is 54.6 Å². The molecule has 1 atom stereocenters. The standard InChI is InChI=1S/C23H29NO5.C2HF3O2/c25-23(26)11-12-24-13-16-29-22(17-24)20-7-9-21(10-8-20)28-15-4-14-27-18-19-5-2-1-3-6-19;3-2(4,5)1(6)7/h1-3,5-10,22H,4,11-18H2,(H,25,26);(H,6,7). The molecular formula is C25H30F3NO7. The third-order valence-corrected chi connectivity index (χ3v) is 5.10. The fraction of sp³-hybridized carbons (Fsp3) is 0.440. The topological polar surface area (TPSA) is 106 Å². The van der Waals surface area contributed by atoms with Gasteiger partial charge in [0.1, 0.15) is 5.75 Å². The van der Waals surface area contributed by atoms with E-state index < -0.39 is 18.1 Å². The minimum atomic E-state index is -5.08. The van der Waals surface area contributed by atoms with Crippen molar-refractivity contribution in [3.05, 3.63) is 65.7 Å². The fourth-order valence-electron chi connectivity index (χ4n) is 3.26. The molecule has 0 saturated carbocycles. The molecule has 0 aliphatic carbocycles. The Balaban J connectivity index is 0.000000572. The fourth-order valence-corrected chi connectivity index (χ4v) is 3.26. The molecule has 8 nitrogen and oxygen atoms in total. The van der Waals surface area contributed by atoms with E-state index in [1.54, 1.807) is 0 Å². The highest BCUT2D eigenvalue weighted by Crippen LogP contribution is 2.24. The van der Waals surface area contributed by atoms with Crippen LogP contribution in [0.2, 0.25) is 0 Å². The number of carboxylic acids is 2. The van der Waals surface area contributed by atoms with E-state index in [4.69, 9.17) is 29.2 Å². The second kappa shape index (κ2) is 15.1. The van der Waals surface area contributed by atoms with Gasteiger partial charge in [-0.05, 0) is 23.3 Å². The molecule has 1 heterocycles. The Morgan fingerprint density at radius 3 is 2.31 bits per heavy atom. The number of carbonyl (C=O) groups is 2. The van der Waals surface area contributed by atoms with Gasteiger partial charge in [0.25, 0.3) is 0 Å². The van der Waals surface area contributed by atoms with Gasteiger partial charge in [-0.15, -0.1) is 0 Å². The van der Waals surface area contributed by atoms with Crippen LogP contribution in [-0.4, -0.2) is 72.7 Å². The van der Waals surface area contributed by atoms with Crippen molar-refractivity contribution in [2.24, 2.45) is 0 Å². The van der Waals surface area contributed by atoms with E-state index in [1.165, 1.54) is 5.56 Å². The van der Waals surface area contributed by atoms with Gasteiger partial charge in [-0.2, -0.15) is 13.2 Å². The van der Waals surface area contributed by atoms with Crippen molar-refractivity contribution >= 4 is 11.9 Å². The van der Waals surface area contributed by atoms with E-state index >= 15 is 0 Å². The first-order chi connectivity index (χ1) is 17.1. The predicted molar refractivity (Wildman–Crippen MR) is 124 cm³/mol. The quantitative estimate of drug-likeness (QED) is 0.432. The third-order valence-electron chi connectivity index (χ3n) is 5.10. The van der Waals surface area contributed by atoms with Crippen molar-refractivity contribution in [1.29, 1.82) is 0 Å². The number of ether oxygens (including phenoxy) is 3. The lowest BCUT2D eigenvalue weighted by Crippen LogP contribution is -2.39. The number of hydrogen-bond acceptors (Lipinski definition) is 6. The largest absolute Gasteiger partial charge is 0.494 e. The summed E-state index contributed by atoms with van der Waals surface area (Å²) in [5.74, 6) is -2.69. The van der Waals surface area contributed by atoms with Gasteiger partial charge in [0.15, 0.2) is 0 Å². The summed E-state index contributed by atoms with van der Waals surface area (Å²) < 4.78 is 49.0. The number of aliphatic carboxylic acids is 2. The van der Waals surface area contributed by atoms with Crippen LogP contribution < -0.4 is 4.74 Å². The number of halogens is 3. The lowest BCUT2D eigenvalue weighted by Gasteiger charge is -2.32. The number of nitrogens with zero attached hydrogens (tertiary/aromatic N) is 1. The number of carboxylic acid groups (broad SMARTS) is 2. The maximum Gasteiger partial charge on any atom is 0.490 e. The van der Waals surface area contributed by atoms with E-state index in [2.05, 4.69) is 17.0 Å². The Labute approximate surface area is 207 Å². The number of benzene rings is 2. The van der Waals surface area contributed by atoms with Gasteiger partial charge in [0, 0.05) is 26.1 Å². The van der Waals surface area contributed by atoms with Crippen LogP contribution in [0.3, 0.4) is 0 Å². The molecule has 2 N–H and O–H groups in total. The maximum atomic E-state index is 10.8. The molecule has 0 bridgehead atoms. The Morgan fingerprint density at radius 1 is 1.03 bits per heavy atom. The Hall–Kier alpha value is -3.15. The summed E-state index contributed by atoms with van der Waals surface area (Å²) in [4.78, 5) is 21.8. The van der Waals surface area contributed by atoms with Gasteiger partial charge in [0.05, 0.1) is 39.0 Å². The average Bonchev–Trinajstić information content (AvgIpc) is 2.86. The second-order valence-electron chi connectivity index (χ2n) is 7.92. The number of hydrogen-bond donors (Lipinski definition) is 2. The number of morpholine rings is 1. The minimum absolute atomic E-state index is 0.0296. The summed E-state index contributed by atoms with van der Waals surface area (Å²) in [5.41, 5.74) is 2.26. The zero-order valence-corrected chi connectivity index (χ0v) is 19.7. The van der Waals surface area contributed by atoms with Crippen LogP contribution >= 0.6 is 0 Å². The molecule has 1 aliphatic rings. The first-order valence-corrected chi connectivity index (χ1v) is 11.4. The van der Waals surface area contributed by atoms with E-state index in [-0.39, 0.29) is 12.5 Å². The molecule has 1 saturated heterocycles. The smallest absolute Gasteiger partial charge is 0.490 e. The molecule has 1 fully saturated rings. The van der Waals surface area contributed by atoms with Crippen LogP contribution in [0.4, 0.5) is 13.2 Å². The highest BCUT2D eigenvalue weighted by molar-refractivity contribution is 5.73. The summed E-state index contributed by atoms with van der Waals surface area (Å²) in [5, 5.41) is 16.0. The highest BCUT2D eigenvalue weighted by atomic mass is 19.4. The zero-order chi connectivity index (χ0) is 26.4. The van der Waals surface area contributed by atoms with Crippen LogP contribution in [-0.2, 0) is 25.7 Å². The average molecular weight is 514 g/mol. The van der Waals surface area contributed by atoms with Crippen molar-refractivity contribution in [2.45, 2.75) is 31.7 Å². The Morgan fingerprint density at radius 2 is 1.69 bits per heavy atom. The normalized spacial score (nSPS) is 16.0. The molecule has 198 valence electrons. The molecule has 0 amide bonds. The van der Waals surface area contributed by atoms with Gasteiger partial charge in [-0.1, -0.05) is 42.5 Å². The molecule has 2 aromatic rings. The molecule has 1 unspecified atom stereocenters. The SMILES string of the molecule is O=C(O)C(F)(F)F.O=C(O)CCN1CCOC(c2ccc(OCCCOCc3ccccc3)cc2)C1. The molecule has 3 rings (SSSR count). The lowest BCUT2D eigenvalue weighted by atomic mass is 10.1. The van der Waals surface area contributed by atoms with Gasteiger partial charge >= 0.3 is 18.1 Å². The summed E-state index contributed by atoms with van der Waals surface area (Å²) >= 11 is 0. The predicted octanol–water partition coefficient (Wildman–Crippen LogP) is 4.15. The van der Waals surface area contributed by atoms with Crippen LogP contribution in [0, 0.1) is 0 Å². The number of rotatable bonds is 11. The van der Waals surface area contributed by atoms with Gasteiger partial charge in [-0.25, -0.2) is 4.79 Å². The summed E-state index contributed by atoms with van der Waals surface area (Å²) in [6.07, 6.45) is -4.12. The van der Waals surface area contributed by atoms with Crippen molar-refractivity contribution in [3.8, 4) is 5.75 Å². The molecule has 0 radical (unpaired) electrons. The number of alkyl halides is 3. The Bertz CT molecular complexity index is 924. The first-order valence-electron chi connectivity index (χ1n) is 11.4. The molecule has 0 spiro atoms. The van der Waals surface area contributed by atoms with E-state index in [0.717, 1.165) is 24.3 Å². The molecule has 11 heteroatoms. The van der Waals surface area contributed by atoms with Crippen molar-refractivity contribution < 1.29 is 47.2 Å². The van der Waals surface area contributed by atoms with E-state index in [1.807, 2.05) is 42.5 Å². The Kier molecular flexibility index (Phi) is 12.2. The highest BCUT2D eigenvalue weighted by Gasteiger charge is 2.38. The van der Waals surface area contributed by atoms with Crippen LogP contribution in [0.5, 0.6) is 5.75 Å². The van der Waals surface area contributed by atoms with E-state index in [0.29, 0.717) is 39.5 Å². The lowest BCUT2D eigenvalue weighted by molar-refractivity contribution is -0.192. The molecule has 36 heavy (non-hydrogen) atoms. The minimum Gasteiger partial charge on any atom is -0.494 e. The van der Waals surface area contributed by atoms with Crippen molar-refractivity contribution in [3.63, 3.8) is 0 Å². The molecule has 1 aliphatic heterocycles. The molecular weight excluding hydrogens is 483 g/mol. The van der Waals surface area contributed by atoms with Gasteiger partial charge in [-0.3, -0.25) is 9.69 Å². The van der Waals surface area contributed by atoms with Crippen LogP contribution in [0.25, 0.3) is 0 Å². The molecule has 2 aromatic carbocycles. The van der Waals surface area contributed by atoms with Gasteiger partial charge < -0.3 is 24.4 Å². The summed E-state index contributed by atoms with van der Waals surface area (Å²) in [6.45, 7) is 4.56. The van der Waals surface area contributed by atoms with Crippen molar-refractivity contribution in [1.82, 2.24) is 4.90 Å². The summed E-state index contributed by atoms with van der Waals surface area (Å²) in [7, 11) is 0. The first kappa shape index (κ1) is 29.1.